The second-order valence-corrected chi connectivity index (χ2v) is 2.30. The maximum Gasteiger partial charge on any atom is 0.442 e. The van der Waals surface area contributed by atoms with Crippen molar-refractivity contribution in [3.63, 3.8) is 0 Å². The Morgan fingerprint density at radius 2 is 1.92 bits per heavy atom. The van der Waals surface area contributed by atoms with Crippen LogP contribution in [0.5, 0.6) is 0 Å². The molecule has 1 fully saturated rings. The normalized spacial score (nSPS) is 16.6. The summed E-state index contributed by atoms with van der Waals surface area (Å²) in [6, 6.07) is 0. The van der Waals surface area contributed by atoms with Crippen LogP contribution in [0.25, 0.3) is 0 Å². The van der Waals surface area contributed by atoms with Gasteiger partial charge in [0.25, 0.3) is 11.8 Å². The zero-order chi connectivity index (χ0) is 9.14. The van der Waals surface area contributed by atoms with Gasteiger partial charge in [0.2, 0.25) is 0 Å². The highest BCUT2D eigenvalue weighted by atomic mass is 32.1. The fourth-order valence-electron chi connectivity index (χ4n) is 0.761. The first-order valence-corrected chi connectivity index (χ1v) is 3.57. The van der Waals surface area contributed by atoms with Crippen molar-refractivity contribution < 1.29 is 19.2 Å². The fraction of sp³-hybridized carbons (Fsp3) is 0.400. The minimum atomic E-state index is -0.957. The Balaban J connectivity index is 2.56. The number of nitrogens with zero attached hydrogens (tertiary/aromatic N) is 1. The number of amides is 3. The molecule has 0 aromatic carbocycles. The molecule has 3 amide bonds. The van der Waals surface area contributed by atoms with Crippen molar-refractivity contribution in [2.45, 2.75) is 12.8 Å². The molecule has 0 bridgehead atoms. The van der Waals surface area contributed by atoms with Gasteiger partial charge in [-0.1, -0.05) is 12.8 Å². The van der Waals surface area contributed by atoms with Gasteiger partial charge in [0.15, 0.2) is 0 Å². The third-order valence-corrected chi connectivity index (χ3v) is 1.45. The number of rotatable bonds is 1. The van der Waals surface area contributed by atoms with Crippen molar-refractivity contribution in [3.05, 3.63) is 0 Å². The first-order valence-electron chi connectivity index (χ1n) is 3.13. The Morgan fingerprint density at radius 1 is 1.42 bits per heavy atom. The SMILES string of the molecule is O=C(NS)ON1C(=O)CCC1=O. The molecule has 1 heterocycles. The summed E-state index contributed by atoms with van der Waals surface area (Å²) in [6.07, 6.45) is -0.792. The lowest BCUT2D eigenvalue weighted by Gasteiger charge is -2.10. The summed E-state index contributed by atoms with van der Waals surface area (Å²) in [6.45, 7) is 0. The maximum absolute atomic E-state index is 10.8. The van der Waals surface area contributed by atoms with E-state index in [0.717, 1.165) is 0 Å². The van der Waals surface area contributed by atoms with E-state index < -0.39 is 17.9 Å². The molecular formula is C5H6N2O4S. The lowest BCUT2D eigenvalue weighted by molar-refractivity contribution is -0.171. The van der Waals surface area contributed by atoms with Crippen LogP contribution < -0.4 is 4.72 Å². The number of nitrogens with one attached hydrogen (secondary N) is 1. The van der Waals surface area contributed by atoms with Gasteiger partial charge >= 0.3 is 6.09 Å². The molecular weight excluding hydrogens is 184 g/mol. The molecule has 0 spiro atoms. The molecule has 1 saturated heterocycles. The largest absolute Gasteiger partial charge is 0.442 e. The van der Waals surface area contributed by atoms with Crippen LogP contribution in [0.3, 0.4) is 0 Å². The second kappa shape index (κ2) is 3.44. The number of hydrogen-bond acceptors (Lipinski definition) is 5. The van der Waals surface area contributed by atoms with Crippen molar-refractivity contribution in [1.29, 1.82) is 0 Å². The zero-order valence-electron chi connectivity index (χ0n) is 5.94. The molecule has 1 aliphatic rings. The monoisotopic (exact) mass is 190 g/mol. The average molecular weight is 190 g/mol. The van der Waals surface area contributed by atoms with Gasteiger partial charge in [-0.25, -0.2) is 4.79 Å². The van der Waals surface area contributed by atoms with Crippen molar-refractivity contribution in [3.8, 4) is 0 Å². The van der Waals surface area contributed by atoms with E-state index in [1.165, 1.54) is 0 Å². The molecule has 0 saturated carbocycles. The van der Waals surface area contributed by atoms with Gasteiger partial charge in [-0.2, -0.15) is 0 Å². The quantitative estimate of drug-likeness (QED) is 0.436. The lowest BCUT2D eigenvalue weighted by Crippen LogP contribution is -2.34. The van der Waals surface area contributed by atoms with E-state index >= 15 is 0 Å². The first-order chi connectivity index (χ1) is 5.65. The van der Waals surface area contributed by atoms with Gasteiger partial charge in [-0.05, 0) is 0 Å². The topological polar surface area (TPSA) is 75.7 Å². The number of hydrogen-bond donors (Lipinski definition) is 2. The summed E-state index contributed by atoms with van der Waals surface area (Å²) >= 11 is 3.37. The summed E-state index contributed by atoms with van der Waals surface area (Å²) in [7, 11) is 0. The van der Waals surface area contributed by atoms with Crippen LogP contribution >= 0.6 is 12.8 Å². The minimum absolute atomic E-state index is 0.0820. The maximum atomic E-state index is 10.8. The van der Waals surface area contributed by atoms with Crippen molar-refractivity contribution in [2.75, 3.05) is 0 Å². The van der Waals surface area contributed by atoms with Crippen LogP contribution in [0.1, 0.15) is 12.8 Å². The summed E-state index contributed by atoms with van der Waals surface area (Å²) in [5.74, 6) is -1.03. The Hall–Kier alpha value is -1.24. The van der Waals surface area contributed by atoms with E-state index in [1.54, 1.807) is 0 Å². The predicted octanol–water partition coefficient (Wildman–Crippen LogP) is -0.379. The van der Waals surface area contributed by atoms with Crippen LogP contribution in [0, 0.1) is 0 Å². The summed E-state index contributed by atoms with van der Waals surface area (Å²) in [4.78, 5) is 36.4. The lowest BCUT2D eigenvalue weighted by atomic mass is 10.4. The summed E-state index contributed by atoms with van der Waals surface area (Å²) in [5.41, 5.74) is 0. The third kappa shape index (κ3) is 1.67. The van der Waals surface area contributed by atoms with E-state index in [4.69, 9.17) is 0 Å². The number of carbonyl (C=O) groups is 3. The van der Waals surface area contributed by atoms with Crippen molar-refractivity contribution in [1.82, 2.24) is 9.79 Å². The highest BCUT2D eigenvalue weighted by Crippen LogP contribution is 2.11. The van der Waals surface area contributed by atoms with E-state index in [-0.39, 0.29) is 12.8 Å². The molecule has 0 unspecified atom stereocenters. The number of hydroxylamine groups is 2. The highest BCUT2D eigenvalue weighted by Gasteiger charge is 2.32. The summed E-state index contributed by atoms with van der Waals surface area (Å²) < 4.78 is 1.82. The second-order valence-electron chi connectivity index (χ2n) is 2.07. The standard InChI is InChI=1S/C5H6N2O4S/c8-3-1-2-4(9)7(3)11-5(10)6-12/h12H,1-2H2,(H,6,10). The number of thiol groups is 1. The van der Waals surface area contributed by atoms with Crippen LogP contribution in [-0.2, 0) is 14.4 Å². The molecule has 1 rings (SSSR count). The van der Waals surface area contributed by atoms with Gasteiger partial charge in [-0.3, -0.25) is 14.3 Å². The molecule has 66 valence electrons. The summed E-state index contributed by atoms with van der Waals surface area (Å²) in [5, 5.41) is 0.436. The van der Waals surface area contributed by atoms with Gasteiger partial charge in [0.05, 0.1) is 0 Å². The molecule has 0 aromatic rings. The fourth-order valence-corrected chi connectivity index (χ4v) is 0.802. The van der Waals surface area contributed by atoms with Crippen LogP contribution in [0.4, 0.5) is 4.79 Å². The molecule has 0 atom stereocenters. The van der Waals surface area contributed by atoms with Gasteiger partial charge < -0.3 is 4.84 Å². The first kappa shape index (κ1) is 8.85. The van der Waals surface area contributed by atoms with Crippen LogP contribution in [0.15, 0.2) is 0 Å². The van der Waals surface area contributed by atoms with Crippen LogP contribution in [-0.4, -0.2) is 23.0 Å². The van der Waals surface area contributed by atoms with Crippen molar-refractivity contribution in [2.24, 2.45) is 0 Å². The highest BCUT2D eigenvalue weighted by molar-refractivity contribution is 7.78. The molecule has 1 N–H and O–H groups in total. The molecule has 0 aliphatic carbocycles. The van der Waals surface area contributed by atoms with Crippen LogP contribution in [0.2, 0.25) is 0 Å². The Kier molecular flexibility index (Phi) is 2.54. The van der Waals surface area contributed by atoms with E-state index in [1.807, 2.05) is 4.72 Å². The average Bonchev–Trinajstić information content (AvgIpc) is 2.35. The minimum Gasteiger partial charge on any atom is -0.310 e. The molecule has 0 aromatic heterocycles. The van der Waals surface area contributed by atoms with E-state index in [2.05, 4.69) is 17.7 Å². The smallest absolute Gasteiger partial charge is 0.310 e. The predicted molar refractivity (Wildman–Crippen MR) is 39.7 cm³/mol. The molecule has 6 nitrogen and oxygen atoms in total. The number of carbonyl (C=O) groups excluding carboxylic acids is 3. The van der Waals surface area contributed by atoms with Gasteiger partial charge in [0.1, 0.15) is 0 Å². The zero-order valence-corrected chi connectivity index (χ0v) is 6.84. The molecule has 1 aliphatic heterocycles. The Bertz CT molecular complexity index is 226. The Morgan fingerprint density at radius 3 is 2.33 bits per heavy atom. The Labute approximate surface area is 73.3 Å². The number of imide groups is 1. The van der Waals surface area contributed by atoms with Gasteiger partial charge in [-0.15, -0.1) is 5.06 Å². The molecule has 0 radical (unpaired) electrons. The molecule has 12 heavy (non-hydrogen) atoms. The molecule has 7 heteroatoms. The van der Waals surface area contributed by atoms with E-state index in [0.29, 0.717) is 5.06 Å². The van der Waals surface area contributed by atoms with E-state index in [9.17, 15) is 14.4 Å². The third-order valence-electron chi connectivity index (χ3n) is 1.27. The van der Waals surface area contributed by atoms with Gasteiger partial charge in [0, 0.05) is 12.8 Å². The van der Waals surface area contributed by atoms with Crippen molar-refractivity contribution >= 4 is 30.7 Å².